The summed E-state index contributed by atoms with van der Waals surface area (Å²) in [6.07, 6.45) is 2.85. The average Bonchev–Trinajstić information content (AvgIpc) is 2.72. The lowest BCUT2D eigenvalue weighted by Gasteiger charge is -2.31. The number of carbonyl (C=O) groups is 2. The standard InChI is InChI=1S/C24H31N3O2/c1-19-8-7-13-27(17-19)18-22-12-6-5-11-21(22)15-25-24(29)16-26-23(28)14-20-9-3-2-4-10-20/h2-6,9-12,19H,7-8,13-18H2,1H3,(H,25,29)(H,26,28)/t19-/m0/s1. The fourth-order valence-corrected chi connectivity index (χ4v) is 3.83. The molecule has 0 aliphatic carbocycles. The van der Waals surface area contributed by atoms with Gasteiger partial charge in [0.2, 0.25) is 11.8 Å². The smallest absolute Gasteiger partial charge is 0.239 e. The van der Waals surface area contributed by atoms with Crippen LogP contribution in [0.1, 0.15) is 36.5 Å². The van der Waals surface area contributed by atoms with Crippen molar-refractivity contribution in [3.63, 3.8) is 0 Å². The first-order chi connectivity index (χ1) is 14.1. The van der Waals surface area contributed by atoms with Gasteiger partial charge in [-0.15, -0.1) is 0 Å². The van der Waals surface area contributed by atoms with Crippen LogP contribution in [0.25, 0.3) is 0 Å². The number of likely N-dealkylation sites (tertiary alicyclic amines) is 1. The van der Waals surface area contributed by atoms with E-state index in [2.05, 4.69) is 40.7 Å². The summed E-state index contributed by atoms with van der Waals surface area (Å²) >= 11 is 0. The zero-order valence-electron chi connectivity index (χ0n) is 17.2. The van der Waals surface area contributed by atoms with Crippen LogP contribution >= 0.6 is 0 Å². The highest BCUT2D eigenvalue weighted by Crippen LogP contribution is 2.19. The van der Waals surface area contributed by atoms with Crippen LogP contribution in [-0.2, 0) is 29.1 Å². The Hall–Kier alpha value is -2.66. The number of nitrogens with one attached hydrogen (secondary N) is 2. The summed E-state index contributed by atoms with van der Waals surface area (Å²) in [5.41, 5.74) is 3.33. The zero-order valence-corrected chi connectivity index (χ0v) is 17.2. The number of benzene rings is 2. The lowest BCUT2D eigenvalue weighted by molar-refractivity contribution is -0.125. The first-order valence-electron chi connectivity index (χ1n) is 10.5. The third-order valence-electron chi connectivity index (χ3n) is 5.38. The predicted molar refractivity (Wildman–Crippen MR) is 115 cm³/mol. The highest BCUT2D eigenvalue weighted by molar-refractivity contribution is 5.85. The van der Waals surface area contributed by atoms with Crippen molar-refractivity contribution in [3.8, 4) is 0 Å². The van der Waals surface area contributed by atoms with E-state index in [1.807, 2.05) is 36.4 Å². The Bertz CT molecular complexity index is 807. The van der Waals surface area contributed by atoms with E-state index in [9.17, 15) is 9.59 Å². The summed E-state index contributed by atoms with van der Waals surface area (Å²) in [6, 6.07) is 17.8. The SMILES string of the molecule is C[C@H]1CCCN(Cc2ccccc2CNC(=O)CNC(=O)Cc2ccccc2)C1. The van der Waals surface area contributed by atoms with Gasteiger partial charge in [-0.1, -0.05) is 61.5 Å². The molecular formula is C24H31N3O2. The molecule has 0 unspecified atom stereocenters. The van der Waals surface area contributed by atoms with E-state index in [4.69, 9.17) is 0 Å². The maximum absolute atomic E-state index is 12.2. The van der Waals surface area contributed by atoms with E-state index < -0.39 is 0 Å². The second kappa shape index (κ2) is 10.8. The topological polar surface area (TPSA) is 61.4 Å². The maximum Gasteiger partial charge on any atom is 0.239 e. The number of piperidine rings is 1. The largest absolute Gasteiger partial charge is 0.350 e. The van der Waals surface area contributed by atoms with Gasteiger partial charge in [0.15, 0.2) is 0 Å². The quantitative estimate of drug-likeness (QED) is 0.725. The van der Waals surface area contributed by atoms with Gasteiger partial charge in [-0.3, -0.25) is 14.5 Å². The number of hydrogen-bond acceptors (Lipinski definition) is 3. The molecule has 29 heavy (non-hydrogen) atoms. The third-order valence-corrected chi connectivity index (χ3v) is 5.38. The maximum atomic E-state index is 12.2. The number of nitrogens with zero attached hydrogens (tertiary/aromatic N) is 1. The molecule has 5 nitrogen and oxygen atoms in total. The van der Waals surface area contributed by atoms with Crippen LogP contribution in [0.5, 0.6) is 0 Å². The molecule has 0 bridgehead atoms. The molecule has 1 fully saturated rings. The molecule has 2 N–H and O–H groups in total. The van der Waals surface area contributed by atoms with Gasteiger partial charge in [0.1, 0.15) is 0 Å². The van der Waals surface area contributed by atoms with Gasteiger partial charge in [0.25, 0.3) is 0 Å². The van der Waals surface area contributed by atoms with E-state index in [1.165, 1.54) is 18.4 Å². The van der Waals surface area contributed by atoms with Crippen LogP contribution < -0.4 is 10.6 Å². The van der Waals surface area contributed by atoms with Gasteiger partial charge in [-0.05, 0) is 42.0 Å². The van der Waals surface area contributed by atoms with E-state index in [0.29, 0.717) is 6.54 Å². The number of amides is 2. The van der Waals surface area contributed by atoms with Crippen molar-refractivity contribution in [1.29, 1.82) is 0 Å². The van der Waals surface area contributed by atoms with Gasteiger partial charge < -0.3 is 10.6 Å². The number of carbonyl (C=O) groups excluding carboxylic acids is 2. The molecule has 1 aliphatic rings. The molecule has 1 saturated heterocycles. The zero-order chi connectivity index (χ0) is 20.5. The molecule has 3 rings (SSSR count). The number of hydrogen-bond donors (Lipinski definition) is 2. The minimum atomic E-state index is -0.173. The van der Waals surface area contributed by atoms with Gasteiger partial charge in [0.05, 0.1) is 13.0 Å². The fraction of sp³-hybridized carbons (Fsp3) is 0.417. The summed E-state index contributed by atoms with van der Waals surface area (Å²) in [7, 11) is 0. The van der Waals surface area contributed by atoms with Crippen LogP contribution in [0.15, 0.2) is 54.6 Å². The summed E-state index contributed by atoms with van der Waals surface area (Å²) in [5.74, 6) is 0.425. The lowest BCUT2D eigenvalue weighted by Crippen LogP contribution is -2.37. The number of rotatable bonds is 8. The van der Waals surface area contributed by atoms with Crippen molar-refractivity contribution < 1.29 is 9.59 Å². The summed E-state index contributed by atoms with van der Waals surface area (Å²) in [5, 5.41) is 5.63. The van der Waals surface area contributed by atoms with E-state index in [-0.39, 0.29) is 24.8 Å². The monoisotopic (exact) mass is 393 g/mol. The molecule has 0 radical (unpaired) electrons. The minimum absolute atomic E-state index is 0.00251. The first kappa shape index (κ1) is 21.1. The second-order valence-electron chi connectivity index (χ2n) is 7.97. The normalized spacial score (nSPS) is 16.9. The van der Waals surface area contributed by atoms with Crippen LogP contribution in [0, 0.1) is 5.92 Å². The van der Waals surface area contributed by atoms with E-state index in [1.54, 1.807) is 0 Å². The molecule has 5 heteroatoms. The average molecular weight is 394 g/mol. The summed E-state index contributed by atoms with van der Waals surface area (Å²) in [6.45, 7) is 5.98. The van der Waals surface area contributed by atoms with E-state index in [0.717, 1.165) is 36.7 Å². The van der Waals surface area contributed by atoms with Crippen LogP contribution in [0.3, 0.4) is 0 Å². The van der Waals surface area contributed by atoms with Gasteiger partial charge in [0, 0.05) is 19.6 Å². The highest BCUT2D eigenvalue weighted by Gasteiger charge is 2.17. The lowest BCUT2D eigenvalue weighted by atomic mass is 9.99. The first-order valence-corrected chi connectivity index (χ1v) is 10.5. The van der Waals surface area contributed by atoms with Gasteiger partial charge >= 0.3 is 0 Å². The molecular weight excluding hydrogens is 362 g/mol. The molecule has 0 aromatic heterocycles. The molecule has 154 valence electrons. The third kappa shape index (κ3) is 7.02. The van der Waals surface area contributed by atoms with Crippen LogP contribution in [-0.4, -0.2) is 36.3 Å². The molecule has 2 amide bonds. The van der Waals surface area contributed by atoms with Crippen molar-refractivity contribution in [3.05, 3.63) is 71.3 Å². The van der Waals surface area contributed by atoms with Crippen molar-refractivity contribution >= 4 is 11.8 Å². The molecule has 0 saturated carbocycles. The highest BCUT2D eigenvalue weighted by atomic mass is 16.2. The molecule has 1 heterocycles. The Morgan fingerprint density at radius 3 is 2.45 bits per heavy atom. The fourth-order valence-electron chi connectivity index (χ4n) is 3.83. The molecule has 0 spiro atoms. The van der Waals surface area contributed by atoms with Crippen molar-refractivity contribution in [2.45, 2.75) is 39.3 Å². The molecule has 1 aliphatic heterocycles. The van der Waals surface area contributed by atoms with Gasteiger partial charge in [-0.25, -0.2) is 0 Å². The summed E-state index contributed by atoms with van der Waals surface area (Å²) in [4.78, 5) is 26.7. The Labute approximate surface area is 173 Å². The second-order valence-corrected chi connectivity index (χ2v) is 7.97. The molecule has 2 aromatic rings. The van der Waals surface area contributed by atoms with Gasteiger partial charge in [-0.2, -0.15) is 0 Å². The van der Waals surface area contributed by atoms with Crippen LogP contribution in [0.2, 0.25) is 0 Å². The van der Waals surface area contributed by atoms with Crippen molar-refractivity contribution in [2.75, 3.05) is 19.6 Å². The molecule has 2 aromatic carbocycles. The van der Waals surface area contributed by atoms with E-state index >= 15 is 0 Å². The van der Waals surface area contributed by atoms with Crippen molar-refractivity contribution in [1.82, 2.24) is 15.5 Å². The minimum Gasteiger partial charge on any atom is -0.350 e. The van der Waals surface area contributed by atoms with Crippen LogP contribution in [0.4, 0.5) is 0 Å². The van der Waals surface area contributed by atoms with Crippen molar-refractivity contribution in [2.24, 2.45) is 5.92 Å². The Kier molecular flexibility index (Phi) is 7.82. The Balaban J connectivity index is 1.44. The Morgan fingerprint density at radius 1 is 0.966 bits per heavy atom. The molecule has 1 atom stereocenters. The predicted octanol–water partition coefficient (Wildman–Crippen LogP) is 2.89. The Morgan fingerprint density at radius 2 is 1.69 bits per heavy atom. The summed E-state index contributed by atoms with van der Waals surface area (Å²) < 4.78 is 0.